The molecule has 1 fully saturated rings. The standard InChI is InChI=1S/C20H27N5O/c1-16-7-4-8-17(15-16)18(23(2)3)19(26)24-11-6-12-25(14-13-24)20-21-9-5-10-22-20/h4-5,7-10,15,18H,6,11-14H2,1-3H3/t18-/m1/s1. The topological polar surface area (TPSA) is 52.6 Å². The summed E-state index contributed by atoms with van der Waals surface area (Å²) in [5.74, 6) is 0.904. The van der Waals surface area contributed by atoms with Crippen LogP contribution in [0.2, 0.25) is 0 Å². The lowest BCUT2D eigenvalue weighted by Gasteiger charge is -2.30. The summed E-state index contributed by atoms with van der Waals surface area (Å²) in [4.78, 5) is 28.1. The Morgan fingerprint density at radius 1 is 1.08 bits per heavy atom. The van der Waals surface area contributed by atoms with Crippen LogP contribution in [0.15, 0.2) is 42.7 Å². The van der Waals surface area contributed by atoms with Crippen LogP contribution in [0, 0.1) is 6.92 Å². The van der Waals surface area contributed by atoms with Crippen LogP contribution in [-0.2, 0) is 4.79 Å². The van der Waals surface area contributed by atoms with Crippen molar-refractivity contribution in [3.63, 3.8) is 0 Å². The summed E-state index contributed by atoms with van der Waals surface area (Å²) < 4.78 is 0. The first-order valence-corrected chi connectivity index (χ1v) is 9.10. The number of anilines is 1. The quantitative estimate of drug-likeness (QED) is 0.843. The second kappa shape index (κ2) is 8.27. The van der Waals surface area contributed by atoms with Crippen molar-refractivity contribution in [2.45, 2.75) is 19.4 Å². The van der Waals surface area contributed by atoms with Crippen LogP contribution < -0.4 is 4.90 Å². The van der Waals surface area contributed by atoms with Gasteiger partial charge in [0.15, 0.2) is 0 Å². The van der Waals surface area contributed by atoms with E-state index < -0.39 is 0 Å². The van der Waals surface area contributed by atoms with Crippen molar-refractivity contribution >= 4 is 11.9 Å². The number of hydrogen-bond acceptors (Lipinski definition) is 5. The zero-order valence-electron chi connectivity index (χ0n) is 15.8. The molecule has 1 atom stereocenters. The Morgan fingerprint density at radius 2 is 1.85 bits per heavy atom. The van der Waals surface area contributed by atoms with Crippen molar-refractivity contribution in [3.8, 4) is 0 Å². The molecular weight excluding hydrogens is 326 g/mol. The van der Waals surface area contributed by atoms with E-state index in [4.69, 9.17) is 0 Å². The zero-order valence-corrected chi connectivity index (χ0v) is 15.8. The Bertz CT molecular complexity index is 734. The van der Waals surface area contributed by atoms with Crippen molar-refractivity contribution in [2.75, 3.05) is 45.2 Å². The molecule has 26 heavy (non-hydrogen) atoms. The first-order valence-electron chi connectivity index (χ1n) is 9.10. The molecule has 1 aliphatic heterocycles. The predicted molar refractivity (Wildman–Crippen MR) is 103 cm³/mol. The molecule has 138 valence electrons. The Kier molecular flexibility index (Phi) is 5.83. The van der Waals surface area contributed by atoms with Crippen molar-refractivity contribution < 1.29 is 4.79 Å². The summed E-state index contributed by atoms with van der Waals surface area (Å²) >= 11 is 0. The van der Waals surface area contributed by atoms with Crippen LogP contribution >= 0.6 is 0 Å². The Balaban J connectivity index is 1.74. The molecule has 0 radical (unpaired) electrons. The maximum absolute atomic E-state index is 13.3. The smallest absolute Gasteiger partial charge is 0.244 e. The number of nitrogens with zero attached hydrogens (tertiary/aromatic N) is 5. The largest absolute Gasteiger partial charge is 0.339 e. The minimum absolute atomic E-state index is 0.163. The highest BCUT2D eigenvalue weighted by atomic mass is 16.2. The molecule has 0 aliphatic carbocycles. The van der Waals surface area contributed by atoms with Gasteiger partial charge in [0.1, 0.15) is 6.04 Å². The number of amides is 1. The summed E-state index contributed by atoms with van der Waals surface area (Å²) in [5, 5.41) is 0. The van der Waals surface area contributed by atoms with Gasteiger partial charge in [-0.05, 0) is 39.1 Å². The van der Waals surface area contributed by atoms with Crippen molar-refractivity contribution in [1.82, 2.24) is 19.8 Å². The van der Waals surface area contributed by atoms with Crippen molar-refractivity contribution in [2.24, 2.45) is 0 Å². The third kappa shape index (κ3) is 4.19. The van der Waals surface area contributed by atoms with Crippen LogP contribution in [0.25, 0.3) is 0 Å². The van der Waals surface area contributed by atoms with Gasteiger partial charge in [-0.25, -0.2) is 9.97 Å². The van der Waals surface area contributed by atoms with Crippen molar-refractivity contribution in [3.05, 3.63) is 53.9 Å². The van der Waals surface area contributed by atoms with E-state index in [-0.39, 0.29) is 11.9 Å². The summed E-state index contributed by atoms with van der Waals surface area (Å²) in [5.41, 5.74) is 2.22. The van der Waals surface area contributed by atoms with E-state index in [1.165, 1.54) is 5.56 Å². The van der Waals surface area contributed by atoms with Gasteiger partial charge in [-0.2, -0.15) is 0 Å². The normalized spacial score (nSPS) is 16.5. The molecule has 2 aromatic rings. The molecule has 6 heteroatoms. The Labute approximate surface area is 155 Å². The van der Waals surface area contributed by atoms with Crippen LogP contribution in [0.4, 0.5) is 5.95 Å². The van der Waals surface area contributed by atoms with Gasteiger partial charge in [-0.15, -0.1) is 0 Å². The lowest BCUT2D eigenvalue weighted by molar-refractivity contribution is -0.136. The van der Waals surface area contributed by atoms with E-state index in [9.17, 15) is 4.79 Å². The first kappa shape index (κ1) is 18.3. The molecular formula is C20H27N5O. The highest BCUT2D eigenvalue weighted by Gasteiger charge is 2.29. The first-order chi connectivity index (χ1) is 12.6. The number of likely N-dealkylation sites (N-methyl/N-ethyl adjacent to an activating group) is 1. The molecule has 6 nitrogen and oxygen atoms in total. The SMILES string of the molecule is Cc1cccc([C@H](C(=O)N2CCCN(c3ncccn3)CC2)N(C)C)c1. The number of carbonyl (C=O) groups is 1. The van der Waals surface area contributed by atoms with E-state index in [1.807, 2.05) is 42.1 Å². The van der Waals surface area contributed by atoms with Crippen LogP contribution in [0.1, 0.15) is 23.6 Å². The van der Waals surface area contributed by atoms with E-state index in [1.54, 1.807) is 12.4 Å². The fraction of sp³-hybridized carbons (Fsp3) is 0.450. The predicted octanol–water partition coefficient (Wildman–Crippen LogP) is 2.13. The van der Waals surface area contributed by atoms with E-state index in [2.05, 4.69) is 33.9 Å². The summed E-state index contributed by atoms with van der Waals surface area (Å²) in [6.07, 6.45) is 4.43. The number of aryl methyl sites for hydroxylation is 1. The summed E-state index contributed by atoms with van der Waals surface area (Å²) in [6, 6.07) is 9.78. The Hall–Kier alpha value is -2.47. The number of benzene rings is 1. The fourth-order valence-corrected chi connectivity index (χ4v) is 3.47. The van der Waals surface area contributed by atoms with Gasteiger partial charge in [0.05, 0.1) is 0 Å². The number of hydrogen-bond donors (Lipinski definition) is 0. The second-order valence-electron chi connectivity index (χ2n) is 6.99. The maximum atomic E-state index is 13.3. The van der Waals surface area contributed by atoms with Gasteiger partial charge in [-0.1, -0.05) is 29.8 Å². The summed E-state index contributed by atoms with van der Waals surface area (Å²) in [6.45, 7) is 5.13. The number of rotatable bonds is 4. The average molecular weight is 353 g/mol. The average Bonchev–Trinajstić information content (AvgIpc) is 2.88. The Morgan fingerprint density at radius 3 is 2.54 bits per heavy atom. The minimum atomic E-state index is -0.255. The highest BCUT2D eigenvalue weighted by Crippen LogP contribution is 2.23. The van der Waals surface area contributed by atoms with Crippen LogP contribution in [0.3, 0.4) is 0 Å². The summed E-state index contributed by atoms with van der Waals surface area (Å²) in [7, 11) is 3.93. The highest BCUT2D eigenvalue weighted by molar-refractivity contribution is 5.83. The molecule has 0 unspecified atom stereocenters. The molecule has 3 rings (SSSR count). The van der Waals surface area contributed by atoms with Gasteiger partial charge < -0.3 is 9.80 Å². The molecule has 1 saturated heterocycles. The number of aromatic nitrogens is 2. The second-order valence-corrected chi connectivity index (χ2v) is 6.99. The maximum Gasteiger partial charge on any atom is 0.244 e. The van der Waals surface area contributed by atoms with Gasteiger partial charge in [-0.3, -0.25) is 9.69 Å². The molecule has 2 heterocycles. The lowest BCUT2D eigenvalue weighted by Crippen LogP contribution is -2.42. The lowest BCUT2D eigenvalue weighted by atomic mass is 10.0. The third-order valence-electron chi connectivity index (χ3n) is 4.75. The third-order valence-corrected chi connectivity index (χ3v) is 4.75. The molecule has 1 amide bonds. The van der Waals surface area contributed by atoms with E-state index in [0.29, 0.717) is 6.54 Å². The van der Waals surface area contributed by atoms with Gasteiger partial charge in [0.2, 0.25) is 11.9 Å². The van der Waals surface area contributed by atoms with Gasteiger partial charge in [0, 0.05) is 38.6 Å². The monoisotopic (exact) mass is 353 g/mol. The fourth-order valence-electron chi connectivity index (χ4n) is 3.47. The van der Waals surface area contributed by atoms with E-state index in [0.717, 1.165) is 37.6 Å². The minimum Gasteiger partial charge on any atom is -0.339 e. The van der Waals surface area contributed by atoms with Crippen molar-refractivity contribution in [1.29, 1.82) is 0 Å². The van der Waals surface area contributed by atoms with Crippen LogP contribution in [-0.4, -0.2) is 65.9 Å². The zero-order chi connectivity index (χ0) is 18.5. The molecule has 0 N–H and O–H groups in total. The molecule has 1 aromatic carbocycles. The molecule has 1 aromatic heterocycles. The number of carbonyl (C=O) groups excluding carboxylic acids is 1. The van der Waals surface area contributed by atoms with E-state index >= 15 is 0 Å². The molecule has 1 aliphatic rings. The van der Waals surface area contributed by atoms with Gasteiger partial charge >= 0.3 is 0 Å². The molecule has 0 spiro atoms. The molecule has 0 saturated carbocycles. The van der Waals surface area contributed by atoms with Crippen LogP contribution in [0.5, 0.6) is 0 Å². The molecule has 0 bridgehead atoms. The van der Waals surface area contributed by atoms with Gasteiger partial charge in [0.25, 0.3) is 0 Å².